The summed E-state index contributed by atoms with van der Waals surface area (Å²) < 4.78 is 5.30. The number of hydrogen-bond donors (Lipinski definition) is 0. The van der Waals surface area contributed by atoms with Gasteiger partial charge in [0.1, 0.15) is 5.76 Å². The Labute approximate surface area is 121 Å². The second-order valence-corrected chi connectivity index (χ2v) is 4.31. The van der Waals surface area contributed by atoms with E-state index >= 15 is 0 Å². The predicted molar refractivity (Wildman–Crippen MR) is 83.3 cm³/mol. The number of amides is 1. The van der Waals surface area contributed by atoms with Gasteiger partial charge in [0, 0.05) is 19.2 Å². The number of benzene rings is 1. The van der Waals surface area contributed by atoms with Crippen LogP contribution in [0, 0.1) is 6.92 Å². The molecular weight excluding hydrogens is 250 g/mol. The maximum absolute atomic E-state index is 12.4. The van der Waals surface area contributed by atoms with Crippen molar-refractivity contribution in [3.05, 3.63) is 53.5 Å². The number of carbonyl (C=O) groups is 1. The summed E-state index contributed by atoms with van der Waals surface area (Å²) in [7, 11) is 1.78. The first-order valence-electron chi connectivity index (χ1n) is 7.04. The molecular formula is C17H23NO2. The minimum Gasteiger partial charge on any atom is -0.469 e. The van der Waals surface area contributed by atoms with E-state index in [4.69, 9.17) is 4.42 Å². The second kappa shape index (κ2) is 7.53. The van der Waals surface area contributed by atoms with Gasteiger partial charge in [-0.2, -0.15) is 0 Å². The lowest BCUT2D eigenvalue weighted by Crippen LogP contribution is -2.26. The Balaban J connectivity index is 0.000000956. The Hall–Kier alpha value is -2.03. The average molecular weight is 273 g/mol. The van der Waals surface area contributed by atoms with Crippen molar-refractivity contribution >= 4 is 11.6 Å². The van der Waals surface area contributed by atoms with Gasteiger partial charge in [0.15, 0.2) is 0 Å². The Kier molecular flexibility index (Phi) is 6.04. The van der Waals surface area contributed by atoms with Gasteiger partial charge in [0.05, 0.1) is 11.8 Å². The standard InChI is InChI=1S/C15H17NO2.C2H6/c1-4-14-13(8-9-18-14)15(17)16(3)12-7-5-6-11(2)10-12;1-2/h5-10H,4H2,1-3H3;1-2H3. The summed E-state index contributed by atoms with van der Waals surface area (Å²) >= 11 is 0. The highest BCUT2D eigenvalue weighted by Crippen LogP contribution is 2.19. The lowest BCUT2D eigenvalue weighted by molar-refractivity contribution is 0.0991. The third kappa shape index (κ3) is 3.50. The molecule has 0 aliphatic heterocycles. The minimum absolute atomic E-state index is 0.0359. The number of carbonyl (C=O) groups excluding carboxylic acids is 1. The van der Waals surface area contributed by atoms with Crippen molar-refractivity contribution < 1.29 is 9.21 Å². The van der Waals surface area contributed by atoms with Gasteiger partial charge in [-0.05, 0) is 30.7 Å². The molecule has 0 N–H and O–H groups in total. The van der Waals surface area contributed by atoms with E-state index < -0.39 is 0 Å². The highest BCUT2D eigenvalue weighted by Gasteiger charge is 2.18. The van der Waals surface area contributed by atoms with Gasteiger partial charge in [-0.3, -0.25) is 4.79 Å². The maximum Gasteiger partial charge on any atom is 0.261 e. The monoisotopic (exact) mass is 273 g/mol. The molecule has 0 spiro atoms. The molecule has 108 valence electrons. The van der Waals surface area contributed by atoms with Gasteiger partial charge in [-0.15, -0.1) is 0 Å². The quantitative estimate of drug-likeness (QED) is 0.827. The molecule has 3 heteroatoms. The van der Waals surface area contributed by atoms with E-state index in [2.05, 4.69) is 0 Å². The Morgan fingerprint density at radius 3 is 2.55 bits per heavy atom. The van der Waals surface area contributed by atoms with Crippen molar-refractivity contribution in [1.29, 1.82) is 0 Å². The van der Waals surface area contributed by atoms with Crippen LogP contribution >= 0.6 is 0 Å². The summed E-state index contributed by atoms with van der Waals surface area (Å²) in [6.45, 7) is 7.99. The van der Waals surface area contributed by atoms with E-state index in [9.17, 15) is 4.79 Å². The van der Waals surface area contributed by atoms with Gasteiger partial charge in [0.2, 0.25) is 0 Å². The molecule has 2 rings (SSSR count). The largest absolute Gasteiger partial charge is 0.469 e. The second-order valence-electron chi connectivity index (χ2n) is 4.31. The first-order valence-corrected chi connectivity index (χ1v) is 7.04. The van der Waals surface area contributed by atoms with E-state index in [1.54, 1.807) is 24.3 Å². The first-order chi connectivity index (χ1) is 9.63. The molecule has 0 fully saturated rings. The zero-order valence-corrected chi connectivity index (χ0v) is 12.9. The SMILES string of the molecule is CC.CCc1occc1C(=O)N(C)c1cccc(C)c1. The van der Waals surface area contributed by atoms with Crippen LogP contribution in [0.4, 0.5) is 5.69 Å². The third-order valence-electron chi connectivity index (χ3n) is 2.99. The summed E-state index contributed by atoms with van der Waals surface area (Å²) in [5.74, 6) is 0.700. The van der Waals surface area contributed by atoms with Crippen LogP contribution in [0.25, 0.3) is 0 Å². The smallest absolute Gasteiger partial charge is 0.261 e. The summed E-state index contributed by atoms with van der Waals surface area (Å²) in [6.07, 6.45) is 2.28. The average Bonchev–Trinajstić information content (AvgIpc) is 2.96. The number of rotatable bonds is 3. The molecule has 3 nitrogen and oxygen atoms in total. The zero-order chi connectivity index (χ0) is 15.1. The molecule has 0 saturated carbocycles. The van der Waals surface area contributed by atoms with Gasteiger partial charge in [0.25, 0.3) is 5.91 Å². The highest BCUT2D eigenvalue weighted by atomic mass is 16.3. The molecule has 0 saturated heterocycles. The van der Waals surface area contributed by atoms with Crippen LogP contribution in [0.5, 0.6) is 0 Å². The van der Waals surface area contributed by atoms with Gasteiger partial charge in [-0.25, -0.2) is 0 Å². The van der Waals surface area contributed by atoms with Crippen molar-refractivity contribution in [3.8, 4) is 0 Å². The lowest BCUT2D eigenvalue weighted by atomic mass is 10.1. The van der Waals surface area contributed by atoms with Crippen LogP contribution in [0.15, 0.2) is 41.0 Å². The van der Waals surface area contributed by atoms with Crippen molar-refractivity contribution in [2.45, 2.75) is 34.1 Å². The van der Waals surface area contributed by atoms with Gasteiger partial charge in [-0.1, -0.05) is 32.9 Å². The van der Waals surface area contributed by atoms with Gasteiger partial charge >= 0.3 is 0 Å². The summed E-state index contributed by atoms with van der Waals surface area (Å²) in [5, 5.41) is 0. The molecule has 1 aromatic carbocycles. The Morgan fingerprint density at radius 1 is 1.25 bits per heavy atom. The highest BCUT2D eigenvalue weighted by molar-refractivity contribution is 6.06. The molecule has 1 amide bonds. The lowest BCUT2D eigenvalue weighted by Gasteiger charge is -2.17. The fourth-order valence-electron chi connectivity index (χ4n) is 1.94. The number of furan rings is 1. The molecule has 0 atom stereocenters. The van der Waals surface area contributed by atoms with Gasteiger partial charge < -0.3 is 9.32 Å². The zero-order valence-electron chi connectivity index (χ0n) is 12.9. The van der Waals surface area contributed by atoms with Crippen LogP contribution in [-0.4, -0.2) is 13.0 Å². The Morgan fingerprint density at radius 2 is 1.95 bits per heavy atom. The van der Waals surface area contributed by atoms with Crippen LogP contribution in [0.2, 0.25) is 0 Å². The molecule has 1 heterocycles. The van der Waals surface area contributed by atoms with E-state index in [1.807, 2.05) is 52.0 Å². The van der Waals surface area contributed by atoms with E-state index in [1.165, 1.54) is 0 Å². The van der Waals surface area contributed by atoms with E-state index in [0.29, 0.717) is 5.56 Å². The summed E-state index contributed by atoms with van der Waals surface area (Å²) in [6, 6.07) is 9.61. The molecule has 0 radical (unpaired) electrons. The van der Waals surface area contributed by atoms with E-state index in [-0.39, 0.29) is 5.91 Å². The minimum atomic E-state index is -0.0359. The maximum atomic E-state index is 12.4. The van der Waals surface area contributed by atoms with Crippen LogP contribution in [-0.2, 0) is 6.42 Å². The topological polar surface area (TPSA) is 33.5 Å². The van der Waals surface area contributed by atoms with Crippen LogP contribution < -0.4 is 4.90 Å². The third-order valence-corrected chi connectivity index (χ3v) is 2.99. The summed E-state index contributed by atoms with van der Waals surface area (Å²) in [5.41, 5.74) is 2.67. The van der Waals surface area contributed by atoms with Crippen LogP contribution in [0.3, 0.4) is 0 Å². The predicted octanol–water partition coefficient (Wildman–Crippen LogP) is 4.45. The van der Waals surface area contributed by atoms with Crippen LogP contribution in [0.1, 0.15) is 42.5 Å². The Bertz CT molecular complexity index is 558. The van der Waals surface area contributed by atoms with Crippen molar-refractivity contribution in [2.24, 2.45) is 0 Å². The molecule has 0 bridgehead atoms. The molecule has 0 aliphatic carbocycles. The molecule has 20 heavy (non-hydrogen) atoms. The number of aryl methyl sites for hydroxylation is 2. The van der Waals surface area contributed by atoms with E-state index in [0.717, 1.165) is 23.4 Å². The fraction of sp³-hybridized carbons (Fsp3) is 0.353. The summed E-state index contributed by atoms with van der Waals surface area (Å²) in [4.78, 5) is 14.0. The number of hydrogen-bond acceptors (Lipinski definition) is 2. The van der Waals surface area contributed by atoms with Crippen molar-refractivity contribution in [2.75, 3.05) is 11.9 Å². The molecule has 1 aromatic heterocycles. The number of nitrogens with zero attached hydrogens (tertiary/aromatic N) is 1. The fourth-order valence-corrected chi connectivity index (χ4v) is 1.94. The molecule has 0 aliphatic rings. The normalized spacial score (nSPS) is 9.65. The first kappa shape index (κ1) is 16.0. The van der Waals surface area contributed by atoms with Crippen molar-refractivity contribution in [3.63, 3.8) is 0 Å². The van der Waals surface area contributed by atoms with Crippen molar-refractivity contribution in [1.82, 2.24) is 0 Å². The molecule has 2 aromatic rings. The molecule has 0 unspecified atom stereocenters. The number of anilines is 1.